The highest BCUT2D eigenvalue weighted by Gasteiger charge is 2.09. The van der Waals surface area contributed by atoms with Crippen molar-refractivity contribution in [2.24, 2.45) is 0 Å². The largest absolute Gasteiger partial charge is 0.508 e. The molecule has 0 radical (unpaired) electrons. The number of hydrogen-bond acceptors (Lipinski definition) is 4. The molecule has 1 aromatic heterocycles. The van der Waals surface area contributed by atoms with Gasteiger partial charge in [-0.3, -0.25) is 9.78 Å². The number of carbonyl (C=O) groups is 1. The molecule has 2 aromatic rings. The molecule has 5 heteroatoms. The predicted octanol–water partition coefficient (Wildman–Crippen LogP) is 1.80. The smallest absolute Gasteiger partial charge is 0.253 e. The van der Waals surface area contributed by atoms with Crippen LogP contribution in [0, 0.1) is 0 Å². The number of amides is 1. The van der Waals surface area contributed by atoms with Gasteiger partial charge in [0.25, 0.3) is 5.91 Å². The lowest BCUT2D eigenvalue weighted by Crippen LogP contribution is -2.26. The number of aromatic hydroxyl groups is 1. The zero-order valence-corrected chi connectivity index (χ0v) is 11.3. The number of nitrogens with one attached hydrogen (secondary N) is 2. The highest BCUT2D eigenvalue weighted by molar-refractivity contribution is 5.99. The topological polar surface area (TPSA) is 74.2 Å². The number of pyridine rings is 1. The lowest BCUT2D eigenvalue weighted by Gasteiger charge is -2.09. The Morgan fingerprint density at radius 3 is 2.70 bits per heavy atom. The standard InChI is InChI=1S/C15H17N3O2/c1-16-14-10-17-8-7-13(14)15(20)18-9-6-11-2-4-12(19)5-3-11/h2-5,7-8,10,16,19H,6,9H2,1H3,(H,18,20). The third kappa shape index (κ3) is 3.47. The van der Waals surface area contributed by atoms with Crippen LogP contribution in [-0.4, -0.2) is 29.6 Å². The SMILES string of the molecule is CNc1cnccc1C(=O)NCCc1ccc(O)cc1. The van der Waals surface area contributed by atoms with E-state index in [9.17, 15) is 9.90 Å². The van der Waals surface area contributed by atoms with E-state index in [-0.39, 0.29) is 11.7 Å². The summed E-state index contributed by atoms with van der Waals surface area (Å²) in [5.74, 6) is 0.115. The van der Waals surface area contributed by atoms with Crippen molar-refractivity contribution in [2.75, 3.05) is 18.9 Å². The second kappa shape index (κ2) is 6.56. The average molecular weight is 271 g/mol. The Kier molecular flexibility index (Phi) is 4.55. The number of nitrogens with zero attached hydrogens (tertiary/aromatic N) is 1. The molecule has 0 spiro atoms. The van der Waals surface area contributed by atoms with Gasteiger partial charge in [-0.1, -0.05) is 12.1 Å². The van der Waals surface area contributed by atoms with Crippen LogP contribution in [0.4, 0.5) is 5.69 Å². The first-order valence-electron chi connectivity index (χ1n) is 6.38. The summed E-state index contributed by atoms with van der Waals surface area (Å²) in [5, 5.41) is 15.0. The predicted molar refractivity (Wildman–Crippen MR) is 77.9 cm³/mol. The van der Waals surface area contributed by atoms with Crippen molar-refractivity contribution in [3.63, 3.8) is 0 Å². The molecule has 0 bridgehead atoms. The summed E-state index contributed by atoms with van der Waals surface area (Å²) >= 11 is 0. The van der Waals surface area contributed by atoms with E-state index in [1.807, 2.05) is 12.1 Å². The van der Waals surface area contributed by atoms with E-state index in [4.69, 9.17) is 0 Å². The molecule has 0 aliphatic carbocycles. The number of hydrogen-bond donors (Lipinski definition) is 3. The molecule has 0 fully saturated rings. The van der Waals surface area contributed by atoms with Crippen molar-refractivity contribution in [3.05, 3.63) is 53.9 Å². The van der Waals surface area contributed by atoms with Gasteiger partial charge < -0.3 is 15.7 Å². The number of benzene rings is 1. The molecule has 104 valence electrons. The highest BCUT2D eigenvalue weighted by atomic mass is 16.3. The molecule has 0 unspecified atom stereocenters. The highest BCUT2D eigenvalue weighted by Crippen LogP contribution is 2.12. The fourth-order valence-electron chi connectivity index (χ4n) is 1.87. The molecule has 0 saturated carbocycles. The number of phenols is 1. The van der Waals surface area contributed by atoms with E-state index in [0.29, 0.717) is 24.2 Å². The van der Waals surface area contributed by atoms with Crippen molar-refractivity contribution >= 4 is 11.6 Å². The lowest BCUT2D eigenvalue weighted by molar-refractivity contribution is 0.0955. The Balaban J connectivity index is 1.90. The van der Waals surface area contributed by atoms with Crippen LogP contribution in [0.3, 0.4) is 0 Å². The normalized spacial score (nSPS) is 10.1. The van der Waals surface area contributed by atoms with E-state index in [2.05, 4.69) is 15.6 Å². The van der Waals surface area contributed by atoms with Crippen LogP contribution in [0.5, 0.6) is 5.75 Å². The van der Waals surface area contributed by atoms with Gasteiger partial charge >= 0.3 is 0 Å². The van der Waals surface area contributed by atoms with Crippen molar-refractivity contribution in [2.45, 2.75) is 6.42 Å². The van der Waals surface area contributed by atoms with E-state index in [1.165, 1.54) is 0 Å². The van der Waals surface area contributed by atoms with Crippen LogP contribution < -0.4 is 10.6 Å². The van der Waals surface area contributed by atoms with Gasteiger partial charge in [-0.15, -0.1) is 0 Å². The van der Waals surface area contributed by atoms with Crippen molar-refractivity contribution in [1.82, 2.24) is 10.3 Å². The molecular formula is C15H17N3O2. The average Bonchev–Trinajstić information content (AvgIpc) is 2.49. The minimum atomic E-state index is -0.129. The molecule has 5 nitrogen and oxygen atoms in total. The van der Waals surface area contributed by atoms with Crippen LogP contribution in [0.15, 0.2) is 42.7 Å². The zero-order chi connectivity index (χ0) is 14.4. The maximum absolute atomic E-state index is 12.0. The summed E-state index contributed by atoms with van der Waals surface area (Å²) in [7, 11) is 1.75. The molecule has 1 heterocycles. The van der Waals surface area contributed by atoms with Crippen molar-refractivity contribution in [1.29, 1.82) is 0 Å². The summed E-state index contributed by atoms with van der Waals surface area (Å²) in [6, 6.07) is 8.64. The summed E-state index contributed by atoms with van der Waals surface area (Å²) in [6.45, 7) is 0.537. The third-order valence-electron chi connectivity index (χ3n) is 2.97. The second-order valence-electron chi connectivity index (χ2n) is 4.34. The quantitative estimate of drug-likeness (QED) is 0.775. The molecule has 0 aliphatic rings. The van der Waals surface area contributed by atoms with Gasteiger partial charge in [-0.05, 0) is 30.2 Å². The molecule has 0 atom stereocenters. The first kappa shape index (κ1) is 13.9. The Morgan fingerprint density at radius 2 is 2.00 bits per heavy atom. The fourth-order valence-corrected chi connectivity index (χ4v) is 1.87. The number of phenolic OH excluding ortho intramolecular Hbond substituents is 1. The molecule has 1 amide bonds. The van der Waals surface area contributed by atoms with Crippen molar-refractivity contribution in [3.8, 4) is 5.75 Å². The molecule has 0 aliphatic heterocycles. The minimum Gasteiger partial charge on any atom is -0.508 e. The zero-order valence-electron chi connectivity index (χ0n) is 11.3. The van der Waals surface area contributed by atoms with Crippen LogP contribution in [-0.2, 0) is 6.42 Å². The molecule has 2 rings (SSSR count). The lowest BCUT2D eigenvalue weighted by atomic mass is 10.1. The van der Waals surface area contributed by atoms with Gasteiger partial charge in [0.05, 0.1) is 17.4 Å². The van der Waals surface area contributed by atoms with Crippen LogP contribution in [0.25, 0.3) is 0 Å². The van der Waals surface area contributed by atoms with E-state index in [1.54, 1.807) is 37.6 Å². The Morgan fingerprint density at radius 1 is 1.25 bits per heavy atom. The number of aromatic nitrogens is 1. The van der Waals surface area contributed by atoms with Gasteiger partial charge in [0, 0.05) is 19.8 Å². The number of anilines is 1. The number of carbonyl (C=O) groups excluding carboxylic acids is 1. The summed E-state index contributed by atoms with van der Waals surface area (Å²) < 4.78 is 0. The summed E-state index contributed by atoms with van der Waals surface area (Å²) in [6.07, 6.45) is 3.93. The Hall–Kier alpha value is -2.56. The molecule has 1 aromatic carbocycles. The molecular weight excluding hydrogens is 254 g/mol. The summed E-state index contributed by atoms with van der Waals surface area (Å²) in [5.41, 5.74) is 2.34. The Bertz CT molecular complexity index is 582. The van der Waals surface area contributed by atoms with Gasteiger partial charge in [0.1, 0.15) is 5.75 Å². The maximum atomic E-state index is 12.0. The van der Waals surface area contributed by atoms with E-state index < -0.39 is 0 Å². The van der Waals surface area contributed by atoms with Gasteiger partial charge in [0.15, 0.2) is 0 Å². The third-order valence-corrected chi connectivity index (χ3v) is 2.97. The van der Waals surface area contributed by atoms with Crippen LogP contribution in [0.2, 0.25) is 0 Å². The fraction of sp³-hybridized carbons (Fsp3) is 0.200. The summed E-state index contributed by atoms with van der Waals surface area (Å²) in [4.78, 5) is 16.0. The van der Waals surface area contributed by atoms with Gasteiger partial charge in [-0.2, -0.15) is 0 Å². The van der Waals surface area contributed by atoms with Gasteiger partial charge in [-0.25, -0.2) is 0 Å². The van der Waals surface area contributed by atoms with Crippen LogP contribution >= 0.6 is 0 Å². The maximum Gasteiger partial charge on any atom is 0.253 e. The van der Waals surface area contributed by atoms with E-state index >= 15 is 0 Å². The Labute approximate surface area is 117 Å². The molecule has 0 saturated heterocycles. The number of rotatable bonds is 5. The second-order valence-corrected chi connectivity index (χ2v) is 4.34. The first-order chi connectivity index (χ1) is 9.70. The minimum absolute atomic E-state index is 0.129. The van der Waals surface area contributed by atoms with Gasteiger partial charge in [0.2, 0.25) is 0 Å². The van der Waals surface area contributed by atoms with Crippen LogP contribution in [0.1, 0.15) is 15.9 Å². The van der Waals surface area contributed by atoms with Crippen molar-refractivity contribution < 1.29 is 9.90 Å². The molecule has 20 heavy (non-hydrogen) atoms. The first-order valence-corrected chi connectivity index (χ1v) is 6.38. The van der Waals surface area contributed by atoms with E-state index in [0.717, 1.165) is 5.56 Å². The monoisotopic (exact) mass is 271 g/mol. The molecule has 3 N–H and O–H groups in total.